The normalized spacial score (nSPS) is 10.8. The van der Waals surface area contributed by atoms with Crippen LogP contribution in [0.15, 0.2) is 29.5 Å². The highest BCUT2D eigenvalue weighted by molar-refractivity contribution is 5.42. The van der Waals surface area contributed by atoms with Crippen LogP contribution in [-0.2, 0) is 6.54 Å². The minimum Gasteiger partial charge on any atom is -0.312 e. The van der Waals surface area contributed by atoms with Crippen molar-refractivity contribution in [1.29, 1.82) is 0 Å². The zero-order valence-corrected chi connectivity index (χ0v) is 6.77. The van der Waals surface area contributed by atoms with Crippen LogP contribution in [0.25, 0.3) is 5.52 Å². The summed E-state index contributed by atoms with van der Waals surface area (Å²) in [6, 6.07) is 1.72. The van der Waals surface area contributed by atoms with E-state index in [4.69, 9.17) is 0 Å². The van der Waals surface area contributed by atoms with Crippen LogP contribution in [0.5, 0.6) is 0 Å². The first kappa shape index (κ1) is 7.09. The maximum Gasteiger partial charge on any atom is 0.276 e. The van der Waals surface area contributed by atoms with Crippen molar-refractivity contribution in [2.45, 2.75) is 13.5 Å². The second-order valence-electron chi connectivity index (χ2n) is 2.55. The maximum atomic E-state index is 11.5. The predicted octanol–water partition coefficient (Wildman–Crippen LogP) is 0.516. The minimum atomic E-state index is 0.0116. The lowest BCUT2D eigenvalue weighted by Crippen LogP contribution is -2.20. The molecule has 0 aliphatic carbocycles. The Kier molecular flexibility index (Phi) is 1.46. The van der Waals surface area contributed by atoms with Crippen LogP contribution in [0.3, 0.4) is 0 Å². The van der Waals surface area contributed by atoms with Crippen LogP contribution >= 0.6 is 0 Å². The van der Waals surface area contributed by atoms with E-state index in [0.29, 0.717) is 12.1 Å². The first-order chi connectivity index (χ1) is 5.83. The molecule has 62 valence electrons. The van der Waals surface area contributed by atoms with Gasteiger partial charge in [0, 0.05) is 18.9 Å². The zero-order valence-electron chi connectivity index (χ0n) is 6.77. The quantitative estimate of drug-likeness (QED) is 0.614. The van der Waals surface area contributed by atoms with Gasteiger partial charge in [-0.15, -0.1) is 0 Å². The van der Waals surface area contributed by atoms with Gasteiger partial charge in [-0.3, -0.25) is 4.79 Å². The molecule has 2 rings (SSSR count). The van der Waals surface area contributed by atoms with Gasteiger partial charge in [-0.05, 0) is 13.0 Å². The summed E-state index contributed by atoms with van der Waals surface area (Å²) in [5, 5.41) is 3.96. The van der Waals surface area contributed by atoms with Crippen LogP contribution in [0, 0.1) is 0 Å². The molecule has 0 N–H and O–H groups in total. The molecule has 0 radical (unpaired) electrons. The summed E-state index contributed by atoms with van der Waals surface area (Å²) in [4.78, 5) is 11.5. The molecule has 12 heavy (non-hydrogen) atoms. The lowest BCUT2D eigenvalue weighted by molar-refractivity contribution is 0.714. The second kappa shape index (κ2) is 2.48. The number of aromatic nitrogens is 3. The van der Waals surface area contributed by atoms with Gasteiger partial charge >= 0.3 is 0 Å². The third kappa shape index (κ3) is 0.845. The van der Waals surface area contributed by atoms with Crippen LogP contribution < -0.4 is 5.56 Å². The van der Waals surface area contributed by atoms with E-state index in [1.165, 1.54) is 0 Å². The van der Waals surface area contributed by atoms with Gasteiger partial charge in [0.2, 0.25) is 0 Å². The number of hydrogen-bond acceptors (Lipinski definition) is 2. The van der Waals surface area contributed by atoms with Gasteiger partial charge in [-0.2, -0.15) is 5.10 Å². The minimum absolute atomic E-state index is 0.0116. The fourth-order valence-electron chi connectivity index (χ4n) is 1.21. The Morgan fingerprint density at radius 2 is 2.33 bits per heavy atom. The van der Waals surface area contributed by atoms with Gasteiger partial charge < -0.3 is 4.57 Å². The van der Waals surface area contributed by atoms with Gasteiger partial charge in [0.15, 0.2) is 0 Å². The summed E-state index contributed by atoms with van der Waals surface area (Å²) in [5.41, 5.74) is 0.636. The summed E-state index contributed by atoms with van der Waals surface area (Å²) in [7, 11) is 0. The van der Waals surface area contributed by atoms with Gasteiger partial charge in [0.05, 0.1) is 6.20 Å². The highest BCUT2D eigenvalue weighted by Gasteiger charge is 1.99. The summed E-state index contributed by atoms with van der Waals surface area (Å²) >= 11 is 0. The third-order valence-electron chi connectivity index (χ3n) is 1.88. The van der Waals surface area contributed by atoms with E-state index in [2.05, 4.69) is 5.10 Å². The summed E-state index contributed by atoms with van der Waals surface area (Å²) in [5.74, 6) is 0. The van der Waals surface area contributed by atoms with E-state index in [-0.39, 0.29) is 5.56 Å². The molecule has 0 aromatic carbocycles. The highest BCUT2D eigenvalue weighted by atomic mass is 16.1. The largest absolute Gasteiger partial charge is 0.312 e. The number of hydrogen-bond donors (Lipinski definition) is 0. The Balaban J connectivity index is 2.88. The van der Waals surface area contributed by atoms with Crippen molar-refractivity contribution in [2.24, 2.45) is 0 Å². The molecule has 0 fully saturated rings. The molecule has 0 aliphatic heterocycles. The molecule has 4 heteroatoms. The highest BCUT2D eigenvalue weighted by Crippen LogP contribution is 1.93. The number of aryl methyl sites for hydroxylation is 1. The van der Waals surface area contributed by atoms with Gasteiger partial charge in [0.25, 0.3) is 5.56 Å². The standard InChI is InChI=1S/C8H9N3O/c1-2-10-5-6-11-7(8(10)12)3-4-9-11/h3-6H,2H2,1H3. The zero-order chi connectivity index (χ0) is 8.55. The summed E-state index contributed by atoms with van der Waals surface area (Å²) in [6.45, 7) is 2.63. The van der Waals surface area contributed by atoms with Crippen molar-refractivity contribution in [3.05, 3.63) is 35.0 Å². The predicted molar refractivity (Wildman–Crippen MR) is 45.1 cm³/mol. The molecular formula is C8H9N3O. The third-order valence-corrected chi connectivity index (χ3v) is 1.88. The van der Waals surface area contributed by atoms with Gasteiger partial charge in [-0.1, -0.05) is 0 Å². The van der Waals surface area contributed by atoms with Crippen LogP contribution in [0.1, 0.15) is 6.92 Å². The molecule has 0 bridgehead atoms. The molecule has 2 heterocycles. The molecule has 0 atom stereocenters. The van der Waals surface area contributed by atoms with Crippen LogP contribution in [0.4, 0.5) is 0 Å². The fourth-order valence-corrected chi connectivity index (χ4v) is 1.21. The molecular weight excluding hydrogens is 154 g/mol. The summed E-state index contributed by atoms with van der Waals surface area (Å²) < 4.78 is 3.23. The van der Waals surface area contributed by atoms with Crippen molar-refractivity contribution >= 4 is 5.52 Å². The van der Waals surface area contributed by atoms with E-state index in [1.54, 1.807) is 33.7 Å². The van der Waals surface area contributed by atoms with Crippen LogP contribution in [0.2, 0.25) is 0 Å². The van der Waals surface area contributed by atoms with E-state index in [9.17, 15) is 4.79 Å². The average molecular weight is 163 g/mol. The second-order valence-corrected chi connectivity index (χ2v) is 2.55. The SMILES string of the molecule is CCn1ccn2nccc2c1=O. The van der Waals surface area contributed by atoms with E-state index in [0.717, 1.165) is 0 Å². The Hall–Kier alpha value is -1.58. The van der Waals surface area contributed by atoms with Crippen molar-refractivity contribution in [3.8, 4) is 0 Å². The van der Waals surface area contributed by atoms with Gasteiger partial charge in [-0.25, -0.2) is 4.52 Å². The van der Waals surface area contributed by atoms with E-state index < -0.39 is 0 Å². The molecule has 0 spiro atoms. The Morgan fingerprint density at radius 3 is 3.08 bits per heavy atom. The van der Waals surface area contributed by atoms with Crippen molar-refractivity contribution in [1.82, 2.24) is 14.2 Å². The first-order valence-corrected chi connectivity index (χ1v) is 3.85. The van der Waals surface area contributed by atoms with Gasteiger partial charge in [0.1, 0.15) is 5.52 Å². The van der Waals surface area contributed by atoms with Crippen molar-refractivity contribution in [3.63, 3.8) is 0 Å². The summed E-state index contributed by atoms with van der Waals surface area (Å²) in [6.07, 6.45) is 5.14. The lowest BCUT2D eigenvalue weighted by atomic mass is 10.5. The van der Waals surface area contributed by atoms with Crippen molar-refractivity contribution < 1.29 is 0 Å². The first-order valence-electron chi connectivity index (χ1n) is 3.85. The lowest BCUT2D eigenvalue weighted by Gasteiger charge is -2.00. The van der Waals surface area contributed by atoms with Crippen LogP contribution in [-0.4, -0.2) is 14.2 Å². The molecule has 0 unspecified atom stereocenters. The average Bonchev–Trinajstić information content (AvgIpc) is 2.53. The molecule has 0 saturated carbocycles. The topological polar surface area (TPSA) is 39.3 Å². The Bertz CT molecular complexity index is 455. The number of nitrogens with zero attached hydrogens (tertiary/aromatic N) is 3. The molecule has 0 aliphatic rings. The van der Waals surface area contributed by atoms with E-state index in [1.807, 2.05) is 6.92 Å². The maximum absolute atomic E-state index is 11.5. The van der Waals surface area contributed by atoms with E-state index >= 15 is 0 Å². The molecule has 0 saturated heterocycles. The molecule has 4 nitrogen and oxygen atoms in total. The molecule has 2 aromatic heterocycles. The monoisotopic (exact) mass is 163 g/mol. The molecule has 0 amide bonds. The smallest absolute Gasteiger partial charge is 0.276 e. The fraction of sp³-hybridized carbons (Fsp3) is 0.250. The number of fused-ring (bicyclic) bond motifs is 1. The van der Waals surface area contributed by atoms with Crippen molar-refractivity contribution in [2.75, 3.05) is 0 Å². The number of rotatable bonds is 1. The Labute approximate surface area is 69.1 Å². The molecule has 2 aromatic rings. The Morgan fingerprint density at radius 1 is 1.50 bits per heavy atom.